The summed E-state index contributed by atoms with van der Waals surface area (Å²) in [5.41, 5.74) is 0. The molecule has 15 heavy (non-hydrogen) atoms. The molecule has 0 radical (unpaired) electrons. The molecule has 0 aliphatic heterocycles. The van der Waals surface area contributed by atoms with Crippen LogP contribution in [0.3, 0.4) is 0 Å². The number of allylic oxidation sites excluding steroid dienone is 2. The third kappa shape index (κ3) is 3.73. The quantitative estimate of drug-likeness (QED) is 0.671. The van der Waals surface area contributed by atoms with Crippen LogP contribution in [0.15, 0.2) is 12.2 Å². The molecule has 4 nitrogen and oxygen atoms in total. The second-order valence-electron chi connectivity index (χ2n) is 3.96. The number of carbonyl (C=O) groups excluding carboxylic acids is 1. The summed E-state index contributed by atoms with van der Waals surface area (Å²) in [6.07, 6.45) is 6.11. The van der Waals surface area contributed by atoms with Crippen LogP contribution in [-0.4, -0.2) is 23.5 Å². The van der Waals surface area contributed by atoms with Crippen molar-refractivity contribution < 1.29 is 14.7 Å². The van der Waals surface area contributed by atoms with Crippen molar-refractivity contribution in [3.8, 4) is 0 Å². The molecule has 0 fully saturated rings. The minimum absolute atomic E-state index is 0.0394. The predicted octanol–water partition coefficient (Wildman–Crippen LogP) is 1.18. The fraction of sp³-hybridized carbons (Fsp3) is 0.636. The van der Waals surface area contributed by atoms with Gasteiger partial charge in [-0.3, -0.25) is 9.59 Å². The van der Waals surface area contributed by atoms with Crippen LogP contribution in [0.4, 0.5) is 0 Å². The van der Waals surface area contributed by atoms with Gasteiger partial charge in [0.05, 0.1) is 5.92 Å². The molecule has 1 aliphatic rings. The molecule has 0 aromatic rings. The Labute approximate surface area is 89.4 Å². The van der Waals surface area contributed by atoms with Crippen molar-refractivity contribution in [2.24, 2.45) is 11.8 Å². The Morgan fingerprint density at radius 3 is 2.60 bits per heavy atom. The lowest BCUT2D eigenvalue weighted by Crippen LogP contribution is -2.31. The van der Waals surface area contributed by atoms with Crippen LogP contribution in [0.5, 0.6) is 0 Å². The van der Waals surface area contributed by atoms with Crippen molar-refractivity contribution >= 4 is 11.9 Å². The van der Waals surface area contributed by atoms with Gasteiger partial charge < -0.3 is 10.4 Å². The number of hydrogen-bond acceptors (Lipinski definition) is 2. The Kier molecular flexibility index (Phi) is 4.34. The maximum atomic E-state index is 11.5. The monoisotopic (exact) mass is 211 g/mol. The average Bonchev–Trinajstić information content (AvgIpc) is 2.70. The maximum Gasteiger partial charge on any atom is 0.306 e. The Morgan fingerprint density at radius 1 is 1.47 bits per heavy atom. The van der Waals surface area contributed by atoms with Crippen LogP contribution in [0.1, 0.15) is 26.2 Å². The van der Waals surface area contributed by atoms with Gasteiger partial charge in [-0.2, -0.15) is 0 Å². The van der Waals surface area contributed by atoms with Crippen molar-refractivity contribution in [2.45, 2.75) is 26.2 Å². The van der Waals surface area contributed by atoms with Crippen molar-refractivity contribution in [2.75, 3.05) is 6.54 Å². The highest BCUT2D eigenvalue weighted by molar-refractivity contribution is 5.79. The van der Waals surface area contributed by atoms with E-state index in [0.29, 0.717) is 13.0 Å². The summed E-state index contributed by atoms with van der Waals surface area (Å²) < 4.78 is 0. The normalized spacial score (nSPS) is 17.7. The van der Waals surface area contributed by atoms with Crippen LogP contribution in [-0.2, 0) is 9.59 Å². The van der Waals surface area contributed by atoms with Gasteiger partial charge in [0, 0.05) is 12.5 Å². The van der Waals surface area contributed by atoms with Crippen molar-refractivity contribution in [1.29, 1.82) is 0 Å². The van der Waals surface area contributed by atoms with Crippen LogP contribution in [0.2, 0.25) is 0 Å². The molecule has 0 aromatic carbocycles. The van der Waals surface area contributed by atoms with E-state index in [-0.39, 0.29) is 11.8 Å². The van der Waals surface area contributed by atoms with Crippen LogP contribution >= 0.6 is 0 Å². The highest BCUT2D eigenvalue weighted by Gasteiger charge is 2.19. The number of nitrogens with one attached hydrogen (secondary N) is 1. The van der Waals surface area contributed by atoms with E-state index >= 15 is 0 Å². The Bertz CT molecular complexity index is 265. The van der Waals surface area contributed by atoms with Crippen LogP contribution in [0, 0.1) is 11.8 Å². The first kappa shape index (κ1) is 11.8. The number of amides is 1. The van der Waals surface area contributed by atoms with Gasteiger partial charge in [0.25, 0.3) is 0 Å². The number of carbonyl (C=O) groups is 2. The lowest BCUT2D eigenvalue weighted by molar-refractivity contribution is -0.141. The van der Waals surface area contributed by atoms with Gasteiger partial charge in [0.2, 0.25) is 5.91 Å². The number of rotatable bonds is 5. The van der Waals surface area contributed by atoms with Crippen molar-refractivity contribution in [1.82, 2.24) is 5.32 Å². The lowest BCUT2D eigenvalue weighted by atomic mass is 10.1. The number of carboxylic acids is 1. The number of hydrogen-bond donors (Lipinski definition) is 2. The highest BCUT2D eigenvalue weighted by atomic mass is 16.4. The van der Waals surface area contributed by atoms with Gasteiger partial charge in [-0.15, -0.1) is 0 Å². The summed E-state index contributed by atoms with van der Waals surface area (Å²) in [6, 6.07) is 0. The molecule has 0 bridgehead atoms. The summed E-state index contributed by atoms with van der Waals surface area (Å²) in [5.74, 6) is -1.11. The molecule has 0 spiro atoms. The molecule has 0 aromatic heterocycles. The predicted molar refractivity (Wildman–Crippen MR) is 56.3 cm³/mol. The van der Waals surface area contributed by atoms with E-state index in [9.17, 15) is 9.59 Å². The maximum absolute atomic E-state index is 11.5. The van der Waals surface area contributed by atoms with Crippen LogP contribution in [0.25, 0.3) is 0 Å². The summed E-state index contributed by atoms with van der Waals surface area (Å²) in [4.78, 5) is 22.0. The van der Waals surface area contributed by atoms with E-state index in [0.717, 1.165) is 12.8 Å². The second-order valence-corrected chi connectivity index (χ2v) is 3.96. The Balaban J connectivity index is 2.14. The Hall–Kier alpha value is -1.32. The standard InChI is InChI=1S/C11H17NO3/c1-8(11(14)15)6-7-12-10(13)9-4-2-3-5-9/h2-3,8-9H,4-7H2,1H3,(H,12,13)(H,14,15). The van der Waals surface area contributed by atoms with Crippen molar-refractivity contribution in [3.63, 3.8) is 0 Å². The van der Waals surface area contributed by atoms with E-state index in [4.69, 9.17) is 5.11 Å². The zero-order chi connectivity index (χ0) is 11.3. The van der Waals surface area contributed by atoms with E-state index < -0.39 is 11.9 Å². The minimum Gasteiger partial charge on any atom is -0.481 e. The largest absolute Gasteiger partial charge is 0.481 e. The zero-order valence-corrected chi connectivity index (χ0v) is 8.90. The van der Waals surface area contributed by atoms with Gasteiger partial charge in [-0.1, -0.05) is 19.1 Å². The smallest absolute Gasteiger partial charge is 0.306 e. The molecular formula is C11H17NO3. The van der Waals surface area contributed by atoms with Gasteiger partial charge in [-0.05, 0) is 19.3 Å². The molecule has 2 N–H and O–H groups in total. The summed E-state index contributed by atoms with van der Waals surface area (Å²) in [6.45, 7) is 2.09. The molecule has 1 rings (SSSR count). The fourth-order valence-corrected chi connectivity index (χ4v) is 1.51. The minimum atomic E-state index is -0.813. The molecule has 84 valence electrons. The van der Waals surface area contributed by atoms with Gasteiger partial charge in [0.1, 0.15) is 0 Å². The zero-order valence-electron chi connectivity index (χ0n) is 8.90. The molecule has 1 atom stereocenters. The third-order valence-corrected chi connectivity index (χ3v) is 2.68. The SMILES string of the molecule is CC(CCNC(=O)C1CC=CC1)C(=O)O. The van der Waals surface area contributed by atoms with Gasteiger partial charge in [-0.25, -0.2) is 0 Å². The second kappa shape index (κ2) is 5.53. The summed E-state index contributed by atoms with van der Waals surface area (Å²) >= 11 is 0. The third-order valence-electron chi connectivity index (χ3n) is 2.68. The fourth-order valence-electron chi connectivity index (χ4n) is 1.51. The first-order valence-electron chi connectivity index (χ1n) is 5.26. The number of carboxylic acid groups (broad SMARTS) is 1. The molecule has 1 aliphatic carbocycles. The molecule has 0 saturated carbocycles. The van der Waals surface area contributed by atoms with E-state index in [1.807, 2.05) is 12.2 Å². The van der Waals surface area contributed by atoms with E-state index in [1.165, 1.54) is 0 Å². The molecule has 0 heterocycles. The Morgan fingerprint density at radius 2 is 2.07 bits per heavy atom. The molecule has 1 amide bonds. The molecule has 1 unspecified atom stereocenters. The molecule has 4 heteroatoms. The first-order chi connectivity index (χ1) is 7.11. The number of aliphatic carboxylic acids is 1. The van der Waals surface area contributed by atoms with Gasteiger partial charge >= 0.3 is 5.97 Å². The van der Waals surface area contributed by atoms with Crippen molar-refractivity contribution in [3.05, 3.63) is 12.2 Å². The molecule has 0 saturated heterocycles. The van der Waals surface area contributed by atoms with Gasteiger partial charge in [0.15, 0.2) is 0 Å². The highest BCUT2D eigenvalue weighted by Crippen LogP contribution is 2.17. The first-order valence-corrected chi connectivity index (χ1v) is 5.26. The molecular weight excluding hydrogens is 194 g/mol. The summed E-state index contributed by atoms with van der Waals surface area (Å²) in [7, 11) is 0. The summed E-state index contributed by atoms with van der Waals surface area (Å²) in [5, 5.41) is 11.4. The van der Waals surface area contributed by atoms with E-state index in [1.54, 1.807) is 6.92 Å². The lowest BCUT2D eigenvalue weighted by Gasteiger charge is -2.11. The van der Waals surface area contributed by atoms with E-state index in [2.05, 4.69) is 5.32 Å². The van der Waals surface area contributed by atoms with Crippen LogP contribution < -0.4 is 5.32 Å². The topological polar surface area (TPSA) is 66.4 Å². The average molecular weight is 211 g/mol.